The molecule has 0 unspecified atom stereocenters. The van der Waals surface area contributed by atoms with Crippen LogP contribution in [0.4, 0.5) is 0 Å². The summed E-state index contributed by atoms with van der Waals surface area (Å²) >= 11 is 0. The molecule has 1 N–H and O–H groups in total. The molecule has 0 bridgehead atoms. The molecule has 31 heavy (non-hydrogen) atoms. The molecule has 0 amide bonds. The molecule has 0 aromatic rings. The van der Waals surface area contributed by atoms with E-state index < -0.39 is 0 Å². The Morgan fingerprint density at radius 3 is 2.74 bits per heavy atom. The van der Waals surface area contributed by atoms with Gasteiger partial charge in [0.05, 0.1) is 18.8 Å². The SMILES string of the molecule is COC1=C(C)C(=O)O/C1=C1/OC2=CCCN3[C@@H](CCC[C@H]3[C@@H](O)CCC(C)C)[C@H]2[C@@H]1C. The van der Waals surface area contributed by atoms with E-state index in [9.17, 15) is 9.90 Å². The van der Waals surface area contributed by atoms with Crippen LogP contribution in [-0.4, -0.2) is 47.8 Å². The fourth-order valence-corrected chi connectivity index (χ4v) is 5.83. The van der Waals surface area contributed by atoms with Crippen molar-refractivity contribution in [2.24, 2.45) is 17.8 Å². The van der Waals surface area contributed by atoms with Crippen molar-refractivity contribution in [2.45, 2.75) is 84.4 Å². The van der Waals surface area contributed by atoms with Gasteiger partial charge in [0.15, 0.2) is 11.5 Å². The Bertz CT molecular complexity index is 811. The van der Waals surface area contributed by atoms with Crippen LogP contribution in [0.3, 0.4) is 0 Å². The van der Waals surface area contributed by atoms with Crippen LogP contribution in [0.1, 0.15) is 66.2 Å². The Hall–Kier alpha value is -1.79. The highest BCUT2D eigenvalue weighted by atomic mass is 16.6. The molecule has 4 rings (SSSR count). The number of piperidine rings is 1. The quantitative estimate of drug-likeness (QED) is 0.656. The zero-order chi connectivity index (χ0) is 22.3. The first-order valence-corrected chi connectivity index (χ1v) is 11.9. The summed E-state index contributed by atoms with van der Waals surface area (Å²) in [5, 5.41) is 11.0. The minimum Gasteiger partial charge on any atom is -0.492 e. The number of methoxy groups -OCH3 is 1. The number of fused-ring (bicyclic) bond motifs is 3. The van der Waals surface area contributed by atoms with Gasteiger partial charge < -0.3 is 19.3 Å². The average Bonchev–Trinajstić information content (AvgIpc) is 3.13. The number of aliphatic hydroxyl groups is 1. The van der Waals surface area contributed by atoms with Crippen LogP contribution in [-0.2, 0) is 19.0 Å². The largest absolute Gasteiger partial charge is 0.492 e. The number of nitrogens with zero attached hydrogens (tertiary/aromatic N) is 1. The zero-order valence-corrected chi connectivity index (χ0v) is 19.5. The van der Waals surface area contributed by atoms with Crippen LogP contribution < -0.4 is 0 Å². The number of hydrogen-bond acceptors (Lipinski definition) is 6. The lowest BCUT2D eigenvalue weighted by atomic mass is 9.79. The molecule has 172 valence electrons. The highest BCUT2D eigenvalue weighted by molar-refractivity contribution is 5.93. The molecule has 6 nitrogen and oxygen atoms in total. The first-order valence-electron chi connectivity index (χ1n) is 11.9. The smallest absolute Gasteiger partial charge is 0.343 e. The molecule has 0 aliphatic carbocycles. The number of hydrogen-bond donors (Lipinski definition) is 1. The van der Waals surface area contributed by atoms with Gasteiger partial charge in [-0.2, -0.15) is 0 Å². The zero-order valence-electron chi connectivity index (χ0n) is 19.5. The van der Waals surface area contributed by atoms with Gasteiger partial charge in [-0.05, 0) is 51.0 Å². The Balaban J connectivity index is 1.61. The van der Waals surface area contributed by atoms with Gasteiger partial charge in [-0.25, -0.2) is 4.79 Å². The van der Waals surface area contributed by atoms with E-state index in [1.165, 1.54) is 0 Å². The molecule has 0 aromatic heterocycles. The number of allylic oxidation sites excluding steroid dienone is 1. The van der Waals surface area contributed by atoms with Crippen molar-refractivity contribution in [3.05, 3.63) is 34.7 Å². The second-order valence-corrected chi connectivity index (χ2v) is 9.89. The lowest BCUT2D eigenvalue weighted by molar-refractivity contribution is -0.133. The van der Waals surface area contributed by atoms with Crippen molar-refractivity contribution in [1.29, 1.82) is 0 Å². The minimum atomic E-state index is -0.371. The van der Waals surface area contributed by atoms with Crippen LogP contribution in [0.2, 0.25) is 0 Å². The predicted octanol–water partition coefficient (Wildman–Crippen LogP) is 4.27. The highest BCUT2D eigenvalue weighted by Crippen LogP contribution is 2.49. The van der Waals surface area contributed by atoms with Crippen molar-refractivity contribution < 1.29 is 24.1 Å². The summed E-state index contributed by atoms with van der Waals surface area (Å²) in [6.07, 6.45) is 7.98. The summed E-state index contributed by atoms with van der Waals surface area (Å²) in [6, 6.07) is 0.526. The summed E-state index contributed by atoms with van der Waals surface area (Å²) in [7, 11) is 1.56. The molecule has 0 saturated carbocycles. The van der Waals surface area contributed by atoms with Gasteiger partial charge in [0, 0.05) is 30.5 Å². The molecule has 4 aliphatic rings. The van der Waals surface area contributed by atoms with Gasteiger partial charge in [-0.3, -0.25) is 4.90 Å². The molecule has 2 saturated heterocycles. The molecule has 4 aliphatic heterocycles. The van der Waals surface area contributed by atoms with Crippen LogP contribution in [0, 0.1) is 17.8 Å². The first kappa shape index (κ1) is 22.4. The normalized spacial score (nSPS) is 34.7. The van der Waals surface area contributed by atoms with Crippen molar-refractivity contribution in [2.75, 3.05) is 13.7 Å². The number of ether oxygens (including phenoxy) is 3. The van der Waals surface area contributed by atoms with E-state index in [-0.39, 0.29) is 30.0 Å². The van der Waals surface area contributed by atoms with Gasteiger partial charge in [-0.15, -0.1) is 0 Å². The Morgan fingerprint density at radius 1 is 1.26 bits per heavy atom. The summed E-state index contributed by atoms with van der Waals surface area (Å²) in [4.78, 5) is 14.7. The van der Waals surface area contributed by atoms with Crippen molar-refractivity contribution in [1.82, 2.24) is 4.90 Å². The van der Waals surface area contributed by atoms with E-state index in [4.69, 9.17) is 14.2 Å². The van der Waals surface area contributed by atoms with Gasteiger partial charge in [0.25, 0.3) is 0 Å². The molecule has 0 radical (unpaired) electrons. The third-order valence-corrected chi connectivity index (χ3v) is 7.47. The van der Waals surface area contributed by atoms with E-state index in [2.05, 4.69) is 31.7 Å². The second-order valence-electron chi connectivity index (χ2n) is 9.89. The maximum Gasteiger partial charge on any atom is 0.343 e. The summed E-state index contributed by atoms with van der Waals surface area (Å²) in [6.45, 7) is 9.26. The fraction of sp³-hybridized carbons (Fsp3) is 0.720. The van der Waals surface area contributed by atoms with Crippen LogP contribution in [0.25, 0.3) is 0 Å². The lowest BCUT2D eigenvalue weighted by Gasteiger charge is -2.46. The third kappa shape index (κ3) is 4.05. The van der Waals surface area contributed by atoms with E-state index in [1.54, 1.807) is 14.0 Å². The van der Waals surface area contributed by atoms with Gasteiger partial charge in [0.1, 0.15) is 5.76 Å². The topological polar surface area (TPSA) is 68.2 Å². The van der Waals surface area contributed by atoms with E-state index >= 15 is 0 Å². The maximum atomic E-state index is 12.1. The lowest BCUT2D eigenvalue weighted by Crippen LogP contribution is -2.54. The molecule has 5 atom stereocenters. The Kier molecular flexibility index (Phi) is 6.50. The monoisotopic (exact) mass is 431 g/mol. The Labute approximate surface area is 185 Å². The second kappa shape index (κ2) is 8.99. The number of esters is 1. The standard InChI is InChI=1S/C25H37NO5/c1-14(2)11-12-19(27)17-8-6-9-18-21-15(3)23(30-20(21)10-7-13-26(17)18)24-22(29-5)16(4)25(28)31-24/h10,14-15,17-19,21,27H,6-9,11-13H2,1-5H3/b24-23+/t15-,17-,18-,19-,21+/m0/s1. The number of rotatable bonds is 5. The van der Waals surface area contributed by atoms with Crippen LogP contribution in [0.15, 0.2) is 34.7 Å². The molecular weight excluding hydrogens is 394 g/mol. The van der Waals surface area contributed by atoms with Crippen LogP contribution >= 0.6 is 0 Å². The predicted molar refractivity (Wildman–Crippen MR) is 117 cm³/mol. The summed E-state index contributed by atoms with van der Waals surface area (Å²) < 4.78 is 17.4. The highest BCUT2D eigenvalue weighted by Gasteiger charge is 2.49. The fourth-order valence-electron chi connectivity index (χ4n) is 5.83. The average molecular weight is 432 g/mol. The number of carbonyl (C=O) groups excluding carboxylic acids is 1. The maximum absolute atomic E-state index is 12.1. The summed E-state index contributed by atoms with van der Waals surface area (Å²) in [5.74, 6) is 3.09. The van der Waals surface area contributed by atoms with E-state index in [1.807, 2.05) is 0 Å². The van der Waals surface area contributed by atoms with Crippen molar-refractivity contribution in [3.63, 3.8) is 0 Å². The molecule has 4 heterocycles. The van der Waals surface area contributed by atoms with Gasteiger partial charge in [-0.1, -0.05) is 27.2 Å². The molecule has 0 aromatic carbocycles. The summed E-state index contributed by atoms with van der Waals surface area (Å²) in [5.41, 5.74) is 0.481. The number of carbonyl (C=O) groups is 1. The first-order chi connectivity index (χ1) is 14.8. The van der Waals surface area contributed by atoms with Crippen molar-refractivity contribution in [3.8, 4) is 0 Å². The molecule has 2 fully saturated rings. The minimum absolute atomic E-state index is 0.0715. The number of aliphatic hydroxyl groups excluding tert-OH is 1. The Morgan fingerprint density at radius 2 is 2.03 bits per heavy atom. The van der Waals surface area contributed by atoms with E-state index in [0.717, 1.165) is 50.8 Å². The van der Waals surface area contributed by atoms with Gasteiger partial charge >= 0.3 is 5.97 Å². The molecular formula is C25H37NO5. The van der Waals surface area contributed by atoms with E-state index in [0.29, 0.717) is 34.8 Å². The molecule has 6 heteroatoms. The van der Waals surface area contributed by atoms with Crippen molar-refractivity contribution >= 4 is 5.97 Å². The number of cyclic esters (lactones) is 1. The van der Waals surface area contributed by atoms with Gasteiger partial charge in [0.2, 0.25) is 5.76 Å². The third-order valence-electron chi connectivity index (χ3n) is 7.47. The molecule has 0 spiro atoms. The van der Waals surface area contributed by atoms with Crippen LogP contribution in [0.5, 0.6) is 0 Å².